The molecule has 1 fully saturated rings. The van der Waals surface area contributed by atoms with E-state index in [0.29, 0.717) is 0 Å². The summed E-state index contributed by atoms with van der Waals surface area (Å²) in [6, 6.07) is 0. The van der Waals surface area contributed by atoms with E-state index in [1.54, 1.807) is 0 Å². The summed E-state index contributed by atoms with van der Waals surface area (Å²) in [6.45, 7) is 9.40. The maximum atomic E-state index is 11.9. The molecular weight excluding hydrogens is 438 g/mol. The van der Waals surface area contributed by atoms with Crippen LogP contribution in [0.4, 0.5) is 0 Å². The van der Waals surface area contributed by atoms with Gasteiger partial charge in [0.05, 0.1) is 6.33 Å². The summed E-state index contributed by atoms with van der Waals surface area (Å²) in [5.74, 6) is 0.292. The standard InChI is InChI=1S/C20H27N3O8Si/c1-11(24)28-9-15-17(29-12(2)25)18(30-13(3)26)20(31-15)23-10-22-16(19(21)27)14(23)7-8-32(4,5)6/h10,15,17-18,20H,9H2,1-6H3,(H2,21,27). The van der Waals surface area contributed by atoms with Crippen LogP contribution in [0.3, 0.4) is 0 Å². The Kier molecular flexibility index (Phi) is 7.81. The minimum absolute atomic E-state index is 0.0756. The van der Waals surface area contributed by atoms with Gasteiger partial charge in [0.1, 0.15) is 26.5 Å². The van der Waals surface area contributed by atoms with E-state index in [0.717, 1.165) is 0 Å². The van der Waals surface area contributed by atoms with Crippen LogP contribution in [0.5, 0.6) is 0 Å². The lowest BCUT2D eigenvalue weighted by molar-refractivity contribution is -0.166. The van der Waals surface area contributed by atoms with Gasteiger partial charge in [-0.05, 0) is 0 Å². The van der Waals surface area contributed by atoms with E-state index in [4.69, 9.17) is 24.7 Å². The molecule has 174 valence electrons. The topological polar surface area (TPSA) is 149 Å². The highest BCUT2D eigenvalue weighted by Crippen LogP contribution is 2.35. The van der Waals surface area contributed by atoms with Gasteiger partial charge in [-0.2, -0.15) is 0 Å². The quantitative estimate of drug-likeness (QED) is 0.275. The van der Waals surface area contributed by atoms with Gasteiger partial charge in [0.25, 0.3) is 5.91 Å². The van der Waals surface area contributed by atoms with Gasteiger partial charge >= 0.3 is 17.9 Å². The molecule has 12 heteroatoms. The molecule has 32 heavy (non-hydrogen) atoms. The SMILES string of the molecule is CC(=O)OCC1OC(n2cnc(C(N)=O)c2C#C[Si](C)(C)C)C(OC(C)=O)C1OC(C)=O. The first-order chi connectivity index (χ1) is 14.8. The van der Waals surface area contributed by atoms with Crippen molar-refractivity contribution in [3.8, 4) is 11.5 Å². The van der Waals surface area contributed by atoms with Crippen LogP contribution >= 0.6 is 0 Å². The van der Waals surface area contributed by atoms with Crippen LogP contribution in [-0.4, -0.2) is 66.4 Å². The fourth-order valence-electron chi connectivity index (χ4n) is 3.02. The third kappa shape index (κ3) is 6.41. The minimum atomic E-state index is -1.86. The molecule has 2 rings (SSSR count). The molecule has 0 bridgehead atoms. The van der Waals surface area contributed by atoms with Crippen LogP contribution in [0.1, 0.15) is 43.2 Å². The Morgan fingerprint density at radius 1 is 1.09 bits per heavy atom. The highest BCUT2D eigenvalue weighted by molar-refractivity contribution is 6.83. The Morgan fingerprint density at radius 3 is 2.19 bits per heavy atom. The van der Waals surface area contributed by atoms with E-state index in [-0.39, 0.29) is 18.0 Å². The van der Waals surface area contributed by atoms with E-state index < -0.39 is 56.4 Å². The molecule has 11 nitrogen and oxygen atoms in total. The van der Waals surface area contributed by atoms with Crippen molar-refractivity contribution in [2.24, 2.45) is 5.73 Å². The van der Waals surface area contributed by atoms with Gasteiger partial charge in [0, 0.05) is 20.8 Å². The summed E-state index contributed by atoms with van der Waals surface area (Å²) in [5.41, 5.74) is 8.70. The van der Waals surface area contributed by atoms with Crippen LogP contribution in [0.25, 0.3) is 0 Å². The molecular formula is C20H27N3O8Si. The molecule has 1 aromatic heterocycles. The predicted octanol–water partition coefficient (Wildman–Crippen LogP) is 0.535. The van der Waals surface area contributed by atoms with Gasteiger partial charge in [0.15, 0.2) is 24.1 Å². The molecule has 1 aliphatic heterocycles. The predicted molar refractivity (Wildman–Crippen MR) is 113 cm³/mol. The number of imidazole rings is 1. The Labute approximate surface area is 186 Å². The number of ether oxygens (including phenoxy) is 4. The van der Waals surface area contributed by atoms with Gasteiger partial charge in [-0.15, -0.1) is 5.54 Å². The molecule has 2 heterocycles. The van der Waals surface area contributed by atoms with Crippen molar-refractivity contribution in [1.82, 2.24) is 9.55 Å². The number of primary amides is 1. The Bertz CT molecular complexity index is 972. The minimum Gasteiger partial charge on any atom is -0.463 e. The lowest BCUT2D eigenvalue weighted by atomic mass is 10.1. The molecule has 0 aliphatic carbocycles. The molecule has 0 aromatic carbocycles. The van der Waals surface area contributed by atoms with Crippen molar-refractivity contribution in [2.45, 2.75) is 65.0 Å². The number of esters is 3. The molecule has 0 saturated carbocycles. The number of rotatable bonds is 6. The van der Waals surface area contributed by atoms with Crippen LogP contribution < -0.4 is 5.73 Å². The number of nitrogens with zero attached hydrogens (tertiary/aromatic N) is 2. The largest absolute Gasteiger partial charge is 0.463 e. The molecule has 1 amide bonds. The van der Waals surface area contributed by atoms with E-state index in [1.807, 2.05) is 19.6 Å². The van der Waals surface area contributed by atoms with Crippen molar-refractivity contribution in [1.29, 1.82) is 0 Å². The van der Waals surface area contributed by atoms with Gasteiger partial charge in [-0.25, -0.2) is 4.98 Å². The number of aromatic nitrogens is 2. The van der Waals surface area contributed by atoms with Gasteiger partial charge < -0.3 is 24.7 Å². The lowest BCUT2D eigenvalue weighted by Gasteiger charge is -2.24. The third-order valence-electron chi connectivity index (χ3n) is 4.20. The Morgan fingerprint density at radius 2 is 1.69 bits per heavy atom. The second kappa shape index (κ2) is 9.97. The van der Waals surface area contributed by atoms with Crippen molar-refractivity contribution in [3.05, 3.63) is 17.7 Å². The summed E-state index contributed by atoms with van der Waals surface area (Å²) in [4.78, 5) is 50.8. The summed E-state index contributed by atoms with van der Waals surface area (Å²) in [7, 11) is -1.86. The van der Waals surface area contributed by atoms with Crippen LogP contribution in [0.15, 0.2) is 6.33 Å². The summed E-state index contributed by atoms with van der Waals surface area (Å²) in [6.07, 6.45) is -2.95. The summed E-state index contributed by atoms with van der Waals surface area (Å²) >= 11 is 0. The van der Waals surface area contributed by atoms with Crippen LogP contribution in [0.2, 0.25) is 19.6 Å². The van der Waals surface area contributed by atoms with Gasteiger partial charge in [-0.3, -0.25) is 23.7 Å². The number of hydrogen-bond acceptors (Lipinski definition) is 9. The fraction of sp³-hybridized carbons (Fsp3) is 0.550. The maximum absolute atomic E-state index is 11.9. The number of amides is 1. The fourth-order valence-corrected chi connectivity index (χ4v) is 3.51. The van der Waals surface area contributed by atoms with Gasteiger partial charge in [-0.1, -0.05) is 25.6 Å². The summed E-state index contributed by atoms with van der Waals surface area (Å²) < 4.78 is 23.2. The highest BCUT2D eigenvalue weighted by Gasteiger charge is 2.51. The first-order valence-corrected chi connectivity index (χ1v) is 13.3. The molecule has 1 saturated heterocycles. The average Bonchev–Trinajstić information content (AvgIpc) is 3.19. The van der Waals surface area contributed by atoms with Crippen molar-refractivity contribution in [3.63, 3.8) is 0 Å². The first-order valence-electron chi connectivity index (χ1n) is 9.83. The third-order valence-corrected chi connectivity index (χ3v) is 5.07. The second-order valence-corrected chi connectivity index (χ2v) is 13.0. The average molecular weight is 466 g/mol. The highest BCUT2D eigenvalue weighted by atomic mass is 28.3. The zero-order chi connectivity index (χ0) is 24.2. The zero-order valence-corrected chi connectivity index (χ0v) is 19.8. The Hall–Kier alpha value is -3.17. The normalized spacial score (nSPS) is 22.4. The van der Waals surface area contributed by atoms with Crippen LogP contribution in [-0.2, 0) is 33.3 Å². The summed E-state index contributed by atoms with van der Waals surface area (Å²) in [5, 5.41) is 0. The number of carbonyl (C=O) groups is 4. The number of nitrogens with two attached hydrogens (primary N) is 1. The maximum Gasteiger partial charge on any atom is 0.303 e. The van der Waals surface area contributed by atoms with E-state index in [1.165, 1.54) is 31.7 Å². The second-order valence-electron chi connectivity index (χ2n) is 8.23. The molecule has 1 aliphatic rings. The molecule has 2 N–H and O–H groups in total. The van der Waals surface area contributed by atoms with E-state index in [2.05, 4.69) is 16.4 Å². The molecule has 4 atom stereocenters. The van der Waals surface area contributed by atoms with Crippen molar-refractivity contribution in [2.75, 3.05) is 6.61 Å². The van der Waals surface area contributed by atoms with E-state index >= 15 is 0 Å². The van der Waals surface area contributed by atoms with Crippen molar-refractivity contribution < 1.29 is 38.1 Å². The molecule has 0 spiro atoms. The van der Waals surface area contributed by atoms with E-state index in [9.17, 15) is 19.2 Å². The monoisotopic (exact) mass is 465 g/mol. The zero-order valence-electron chi connectivity index (χ0n) is 18.8. The molecule has 4 unspecified atom stereocenters. The molecule has 1 aromatic rings. The Balaban J connectivity index is 2.58. The smallest absolute Gasteiger partial charge is 0.303 e. The number of hydrogen-bond donors (Lipinski definition) is 1. The van der Waals surface area contributed by atoms with Crippen LogP contribution in [0, 0.1) is 11.5 Å². The van der Waals surface area contributed by atoms with Gasteiger partial charge in [0.2, 0.25) is 0 Å². The van der Waals surface area contributed by atoms with Crippen molar-refractivity contribution >= 4 is 31.9 Å². The number of carbonyl (C=O) groups excluding carboxylic acids is 4. The first kappa shape index (κ1) is 25.1. The molecule has 0 radical (unpaired) electrons. The lowest BCUT2D eigenvalue weighted by Crippen LogP contribution is -2.40.